The minimum atomic E-state index is -0.222. The summed E-state index contributed by atoms with van der Waals surface area (Å²) >= 11 is 0. The lowest BCUT2D eigenvalue weighted by Crippen LogP contribution is -2.57. The third kappa shape index (κ3) is 3.47. The fourth-order valence-corrected chi connectivity index (χ4v) is 5.35. The molecule has 3 heterocycles. The minimum Gasteiger partial charge on any atom is -0.384 e. The summed E-state index contributed by atoms with van der Waals surface area (Å²) in [6, 6.07) is 3.82. The van der Waals surface area contributed by atoms with Crippen molar-refractivity contribution in [2.24, 2.45) is 11.3 Å². The number of hydrogen-bond donors (Lipinski definition) is 0. The highest BCUT2D eigenvalue weighted by atomic mass is 19.1. The average Bonchev–Trinajstić information content (AvgIpc) is 2.68. The van der Waals surface area contributed by atoms with Crippen LogP contribution in [0.2, 0.25) is 0 Å². The number of aromatic nitrogens is 1. The fraction of sp³-hybridized carbons (Fsp3) is 0.750. The summed E-state index contributed by atoms with van der Waals surface area (Å²) in [5, 5.41) is 0. The highest BCUT2D eigenvalue weighted by Gasteiger charge is 2.48. The number of nitrogens with zero attached hydrogens (tertiary/aromatic N) is 3. The molecular weight excluding hydrogens is 333 g/mol. The number of fused-ring (bicyclic) bond motifs is 1. The molecule has 26 heavy (non-hydrogen) atoms. The van der Waals surface area contributed by atoms with Crippen LogP contribution in [0.25, 0.3) is 0 Å². The van der Waals surface area contributed by atoms with E-state index in [1.165, 1.54) is 18.9 Å². The van der Waals surface area contributed by atoms with Crippen molar-refractivity contribution in [1.29, 1.82) is 0 Å². The van der Waals surface area contributed by atoms with Gasteiger partial charge >= 0.3 is 0 Å². The predicted molar refractivity (Wildman–Crippen MR) is 98.9 cm³/mol. The summed E-state index contributed by atoms with van der Waals surface area (Å²) < 4.78 is 25.4. The van der Waals surface area contributed by atoms with Crippen molar-refractivity contribution >= 4 is 5.82 Å². The van der Waals surface area contributed by atoms with Crippen LogP contribution in [-0.4, -0.2) is 69.0 Å². The van der Waals surface area contributed by atoms with Gasteiger partial charge in [-0.25, -0.2) is 9.37 Å². The van der Waals surface area contributed by atoms with Crippen LogP contribution in [0.3, 0.4) is 0 Å². The van der Waals surface area contributed by atoms with Crippen molar-refractivity contribution in [2.75, 3.05) is 58.0 Å². The van der Waals surface area contributed by atoms with Gasteiger partial charge < -0.3 is 14.4 Å². The Morgan fingerprint density at radius 1 is 1.31 bits per heavy atom. The zero-order valence-electron chi connectivity index (χ0n) is 15.7. The maximum Gasteiger partial charge on any atom is 0.165 e. The Labute approximate surface area is 155 Å². The van der Waals surface area contributed by atoms with Crippen LogP contribution in [-0.2, 0) is 9.47 Å². The molecule has 3 fully saturated rings. The molecule has 0 aromatic carbocycles. The van der Waals surface area contributed by atoms with Gasteiger partial charge in [0.05, 0.1) is 19.8 Å². The predicted octanol–water partition coefficient (Wildman–Crippen LogP) is 2.56. The molecule has 1 aliphatic carbocycles. The minimum absolute atomic E-state index is 0.111. The molecule has 5 nitrogen and oxygen atoms in total. The number of ether oxygens (including phenoxy) is 2. The number of morpholine rings is 1. The van der Waals surface area contributed by atoms with Crippen molar-refractivity contribution in [1.82, 2.24) is 9.88 Å². The van der Waals surface area contributed by atoms with Crippen LogP contribution in [0.15, 0.2) is 18.3 Å². The number of anilines is 1. The number of rotatable bonds is 4. The summed E-state index contributed by atoms with van der Waals surface area (Å²) in [7, 11) is 1.79. The van der Waals surface area contributed by atoms with Crippen molar-refractivity contribution in [2.45, 2.75) is 31.7 Å². The third-order valence-corrected chi connectivity index (χ3v) is 6.68. The van der Waals surface area contributed by atoms with Crippen LogP contribution in [0, 0.1) is 17.2 Å². The van der Waals surface area contributed by atoms with Gasteiger partial charge in [0, 0.05) is 50.9 Å². The molecule has 0 radical (unpaired) electrons. The third-order valence-electron chi connectivity index (χ3n) is 6.68. The van der Waals surface area contributed by atoms with Crippen LogP contribution in [0.5, 0.6) is 0 Å². The van der Waals surface area contributed by atoms with E-state index in [4.69, 9.17) is 9.47 Å². The first kappa shape index (κ1) is 18.1. The lowest BCUT2D eigenvalue weighted by Gasteiger charge is -2.54. The average molecular weight is 363 g/mol. The van der Waals surface area contributed by atoms with Crippen molar-refractivity contribution in [3.05, 3.63) is 24.1 Å². The molecule has 1 saturated carbocycles. The molecule has 6 heteroatoms. The number of halogens is 1. The van der Waals surface area contributed by atoms with Gasteiger partial charge in [-0.05, 0) is 43.7 Å². The summed E-state index contributed by atoms with van der Waals surface area (Å²) in [6.45, 7) is 6.29. The number of piperidine rings is 1. The van der Waals surface area contributed by atoms with E-state index in [9.17, 15) is 4.39 Å². The lowest BCUT2D eigenvalue weighted by atomic mass is 9.62. The van der Waals surface area contributed by atoms with Gasteiger partial charge in [0.2, 0.25) is 0 Å². The van der Waals surface area contributed by atoms with E-state index in [1.54, 1.807) is 19.4 Å². The highest BCUT2D eigenvalue weighted by Crippen LogP contribution is 2.48. The molecule has 144 valence electrons. The Morgan fingerprint density at radius 2 is 2.15 bits per heavy atom. The van der Waals surface area contributed by atoms with Gasteiger partial charge in [0.15, 0.2) is 11.6 Å². The second-order valence-corrected chi connectivity index (χ2v) is 8.09. The molecule has 3 atom stereocenters. The Balaban J connectivity index is 1.50. The standard InChI is InChI=1S/C20H30FN3O2/c1-25-15-20-6-4-17(23-9-11-26-12-10-23)13-16(20)5-8-24(14-20)19-18(21)3-2-7-22-19/h2-3,7,16-17H,4-6,8-15H2,1H3/t16-,17-,20+/m1/s1. The molecule has 1 aromatic rings. The molecule has 4 rings (SSSR count). The maximum absolute atomic E-state index is 14.3. The molecule has 2 aliphatic heterocycles. The van der Waals surface area contributed by atoms with E-state index < -0.39 is 0 Å². The van der Waals surface area contributed by atoms with E-state index in [-0.39, 0.29) is 11.2 Å². The molecule has 1 aromatic heterocycles. The Morgan fingerprint density at radius 3 is 2.92 bits per heavy atom. The van der Waals surface area contributed by atoms with E-state index in [2.05, 4.69) is 14.8 Å². The van der Waals surface area contributed by atoms with Gasteiger partial charge in [-0.2, -0.15) is 0 Å². The SMILES string of the molecule is COC[C@@]12CC[C@@H](N3CCOCC3)C[C@H]1CCN(c1ncccc1F)C2. The van der Waals surface area contributed by atoms with Gasteiger partial charge in [-0.1, -0.05) is 0 Å². The number of pyridine rings is 1. The topological polar surface area (TPSA) is 37.8 Å². The van der Waals surface area contributed by atoms with Gasteiger partial charge in [0.25, 0.3) is 0 Å². The van der Waals surface area contributed by atoms with Crippen LogP contribution in [0.4, 0.5) is 10.2 Å². The second-order valence-electron chi connectivity index (χ2n) is 8.09. The zero-order chi connectivity index (χ0) is 18.0. The zero-order valence-corrected chi connectivity index (χ0v) is 15.7. The summed E-state index contributed by atoms with van der Waals surface area (Å²) in [5.41, 5.74) is 0.111. The Bertz CT molecular complexity index is 610. The van der Waals surface area contributed by atoms with Crippen molar-refractivity contribution < 1.29 is 13.9 Å². The van der Waals surface area contributed by atoms with E-state index >= 15 is 0 Å². The molecule has 0 bridgehead atoms. The maximum atomic E-state index is 14.3. The van der Waals surface area contributed by atoms with Gasteiger partial charge in [0.1, 0.15) is 0 Å². The van der Waals surface area contributed by atoms with Crippen molar-refractivity contribution in [3.8, 4) is 0 Å². The Kier molecular flexibility index (Phi) is 5.43. The largest absolute Gasteiger partial charge is 0.384 e. The lowest BCUT2D eigenvalue weighted by molar-refractivity contribution is -0.0540. The quantitative estimate of drug-likeness (QED) is 0.822. The van der Waals surface area contributed by atoms with E-state index in [0.717, 1.165) is 58.8 Å². The monoisotopic (exact) mass is 363 g/mol. The van der Waals surface area contributed by atoms with Gasteiger partial charge in [-0.3, -0.25) is 4.90 Å². The van der Waals surface area contributed by atoms with Crippen LogP contribution in [0.1, 0.15) is 25.7 Å². The summed E-state index contributed by atoms with van der Waals surface area (Å²) in [4.78, 5) is 9.06. The van der Waals surface area contributed by atoms with Crippen LogP contribution < -0.4 is 4.90 Å². The molecular formula is C20H30FN3O2. The summed E-state index contributed by atoms with van der Waals surface area (Å²) in [5.74, 6) is 0.907. The fourth-order valence-electron chi connectivity index (χ4n) is 5.35. The molecule has 0 spiro atoms. The first-order valence-corrected chi connectivity index (χ1v) is 9.88. The first-order chi connectivity index (χ1) is 12.7. The van der Waals surface area contributed by atoms with E-state index in [0.29, 0.717) is 17.8 Å². The first-order valence-electron chi connectivity index (χ1n) is 9.88. The molecule has 0 N–H and O–H groups in total. The normalized spacial score (nSPS) is 33.1. The number of hydrogen-bond acceptors (Lipinski definition) is 5. The van der Waals surface area contributed by atoms with Crippen LogP contribution >= 0.6 is 0 Å². The van der Waals surface area contributed by atoms with E-state index in [1.807, 2.05) is 0 Å². The van der Waals surface area contributed by atoms with Crippen molar-refractivity contribution in [3.63, 3.8) is 0 Å². The molecule has 3 aliphatic rings. The number of methoxy groups -OCH3 is 1. The van der Waals surface area contributed by atoms with Gasteiger partial charge in [-0.15, -0.1) is 0 Å². The molecule has 2 saturated heterocycles. The second kappa shape index (κ2) is 7.79. The molecule has 0 unspecified atom stereocenters. The molecule has 0 amide bonds. The highest BCUT2D eigenvalue weighted by molar-refractivity contribution is 5.41. The Hall–Kier alpha value is -1.24. The summed E-state index contributed by atoms with van der Waals surface area (Å²) in [6.07, 6.45) is 6.32. The smallest absolute Gasteiger partial charge is 0.165 e.